The number of hydrogen-bond donors (Lipinski definition) is 0. The van der Waals surface area contributed by atoms with E-state index in [4.69, 9.17) is 5.26 Å². The molecule has 0 spiro atoms. The largest absolute Gasteiger partial charge is 0.347 e. The van der Waals surface area contributed by atoms with Crippen LogP contribution in [0.4, 0.5) is 0 Å². The molecule has 1 aliphatic rings. The minimum absolute atomic E-state index is 0.148. The second kappa shape index (κ2) is 5.94. The Labute approximate surface area is 134 Å². The molecule has 3 rings (SSSR count). The predicted octanol–water partition coefficient (Wildman–Crippen LogP) is 3.38. The Morgan fingerprint density at radius 1 is 1.22 bits per heavy atom. The van der Waals surface area contributed by atoms with E-state index in [1.807, 2.05) is 6.92 Å². The minimum Gasteiger partial charge on any atom is -0.347 e. The molecular weight excluding hydrogens is 286 g/mol. The molecule has 0 aliphatic carbocycles. The van der Waals surface area contributed by atoms with Crippen LogP contribution in [0.3, 0.4) is 0 Å². The molecule has 0 saturated carbocycles. The lowest BCUT2D eigenvalue weighted by Gasteiger charge is -2.01. The van der Waals surface area contributed by atoms with E-state index in [2.05, 4.69) is 16.7 Å². The van der Waals surface area contributed by atoms with Gasteiger partial charge in [-0.1, -0.05) is 18.2 Å². The lowest BCUT2D eigenvalue weighted by atomic mass is 10.0. The molecule has 1 aromatic carbocycles. The molecule has 112 valence electrons. The summed E-state index contributed by atoms with van der Waals surface area (Å²) < 4.78 is 2.08. The lowest BCUT2D eigenvalue weighted by molar-refractivity contribution is 0.104. The van der Waals surface area contributed by atoms with Gasteiger partial charge in [0.25, 0.3) is 0 Å². The van der Waals surface area contributed by atoms with Gasteiger partial charge < -0.3 is 4.57 Å². The van der Waals surface area contributed by atoms with E-state index in [1.54, 1.807) is 30.3 Å². The van der Waals surface area contributed by atoms with Crippen LogP contribution >= 0.6 is 0 Å². The van der Waals surface area contributed by atoms with Gasteiger partial charge in [0.15, 0.2) is 5.78 Å². The number of aromatic nitrogens is 1. The zero-order valence-electron chi connectivity index (χ0n) is 12.8. The number of allylic oxidation sites excluding steroid dienone is 1. The third-order valence-corrected chi connectivity index (χ3v) is 4.25. The maximum absolute atomic E-state index is 12.5. The number of nitrogens with zero attached hydrogens (tertiary/aromatic N) is 3. The monoisotopic (exact) mass is 301 g/mol. The van der Waals surface area contributed by atoms with Crippen molar-refractivity contribution in [3.63, 3.8) is 0 Å². The Morgan fingerprint density at radius 3 is 2.61 bits per heavy atom. The number of rotatable bonds is 3. The van der Waals surface area contributed by atoms with E-state index in [0.717, 1.165) is 36.3 Å². The molecule has 0 N–H and O–H groups in total. The molecule has 4 nitrogen and oxygen atoms in total. The van der Waals surface area contributed by atoms with Gasteiger partial charge >= 0.3 is 0 Å². The lowest BCUT2D eigenvalue weighted by Crippen LogP contribution is -2.01. The van der Waals surface area contributed by atoms with Crippen molar-refractivity contribution in [2.75, 3.05) is 0 Å². The molecule has 0 bridgehead atoms. The zero-order valence-corrected chi connectivity index (χ0v) is 12.8. The van der Waals surface area contributed by atoms with Gasteiger partial charge in [0.1, 0.15) is 6.07 Å². The van der Waals surface area contributed by atoms with Crippen LogP contribution in [0.5, 0.6) is 0 Å². The first-order chi connectivity index (χ1) is 11.2. The van der Waals surface area contributed by atoms with Crippen molar-refractivity contribution < 1.29 is 4.79 Å². The summed E-state index contributed by atoms with van der Waals surface area (Å²) in [5, 5.41) is 18.2. The van der Waals surface area contributed by atoms with Crippen molar-refractivity contribution in [1.82, 2.24) is 4.57 Å². The average Bonchev–Trinajstić information content (AvgIpc) is 3.15. The molecule has 23 heavy (non-hydrogen) atoms. The van der Waals surface area contributed by atoms with E-state index >= 15 is 0 Å². The van der Waals surface area contributed by atoms with Crippen molar-refractivity contribution in [2.45, 2.75) is 26.3 Å². The van der Waals surface area contributed by atoms with E-state index in [-0.39, 0.29) is 5.78 Å². The van der Waals surface area contributed by atoms with E-state index in [1.165, 1.54) is 6.08 Å². The Hall–Kier alpha value is -3.11. The molecule has 4 heteroatoms. The number of ketones is 1. The minimum atomic E-state index is -0.148. The summed E-state index contributed by atoms with van der Waals surface area (Å²) in [6.07, 6.45) is 5.10. The second-order valence-corrected chi connectivity index (χ2v) is 5.58. The molecule has 0 saturated heterocycles. The quantitative estimate of drug-likeness (QED) is 0.644. The van der Waals surface area contributed by atoms with Crippen LogP contribution in [-0.4, -0.2) is 10.4 Å². The highest BCUT2D eigenvalue weighted by Crippen LogP contribution is 2.29. The molecule has 0 atom stereocenters. The molecule has 2 aromatic rings. The smallest absolute Gasteiger partial charge is 0.189 e. The van der Waals surface area contributed by atoms with Gasteiger partial charge in [0, 0.05) is 17.9 Å². The second-order valence-electron chi connectivity index (χ2n) is 5.58. The topological polar surface area (TPSA) is 69.6 Å². The zero-order chi connectivity index (χ0) is 16.4. The summed E-state index contributed by atoms with van der Waals surface area (Å²) in [6.45, 7) is 2.78. The maximum Gasteiger partial charge on any atom is 0.189 e. The third kappa shape index (κ3) is 2.56. The number of hydrogen-bond acceptors (Lipinski definition) is 3. The number of carbonyl (C=O) groups excluding carboxylic acids is 1. The first kappa shape index (κ1) is 14.8. The van der Waals surface area contributed by atoms with Gasteiger partial charge in [-0.25, -0.2) is 0 Å². The van der Waals surface area contributed by atoms with Crippen molar-refractivity contribution in [3.8, 4) is 12.1 Å². The SMILES string of the molecule is Cc1c(C(=O)/C=C\c2ccc(C#N)cc2)c(C#N)c2n1CCC2. The Balaban J connectivity index is 1.91. The predicted molar refractivity (Wildman–Crippen MR) is 86.7 cm³/mol. The molecule has 1 aromatic heterocycles. The van der Waals surface area contributed by atoms with Crippen LogP contribution in [0.1, 0.15) is 44.9 Å². The van der Waals surface area contributed by atoms with Gasteiger partial charge in [-0.05, 0) is 43.5 Å². The van der Waals surface area contributed by atoms with Crippen molar-refractivity contribution in [1.29, 1.82) is 10.5 Å². The van der Waals surface area contributed by atoms with Crippen LogP contribution < -0.4 is 0 Å². The van der Waals surface area contributed by atoms with Gasteiger partial charge in [0.2, 0.25) is 0 Å². The maximum atomic E-state index is 12.5. The number of fused-ring (bicyclic) bond motifs is 1. The summed E-state index contributed by atoms with van der Waals surface area (Å²) in [6, 6.07) is 11.3. The van der Waals surface area contributed by atoms with Crippen LogP contribution in [-0.2, 0) is 13.0 Å². The third-order valence-electron chi connectivity index (χ3n) is 4.25. The average molecular weight is 301 g/mol. The summed E-state index contributed by atoms with van der Waals surface area (Å²) in [4.78, 5) is 12.5. The summed E-state index contributed by atoms with van der Waals surface area (Å²) >= 11 is 0. The van der Waals surface area contributed by atoms with Gasteiger partial charge in [-0.15, -0.1) is 0 Å². The normalized spacial score (nSPS) is 12.8. The Morgan fingerprint density at radius 2 is 1.96 bits per heavy atom. The molecule has 0 fully saturated rings. The van der Waals surface area contributed by atoms with Gasteiger partial charge in [0.05, 0.1) is 22.8 Å². The van der Waals surface area contributed by atoms with E-state index in [9.17, 15) is 10.1 Å². The highest BCUT2D eigenvalue weighted by molar-refractivity contribution is 6.09. The summed E-state index contributed by atoms with van der Waals surface area (Å²) in [5.74, 6) is -0.148. The van der Waals surface area contributed by atoms with Crippen LogP contribution in [0, 0.1) is 29.6 Å². The van der Waals surface area contributed by atoms with E-state index in [0.29, 0.717) is 16.7 Å². The van der Waals surface area contributed by atoms with Crippen LogP contribution in [0.2, 0.25) is 0 Å². The summed E-state index contributed by atoms with van der Waals surface area (Å²) in [5.41, 5.74) is 4.34. The molecule has 0 amide bonds. The fourth-order valence-electron chi connectivity index (χ4n) is 3.11. The number of carbonyl (C=O) groups is 1. The molecule has 0 unspecified atom stereocenters. The fourth-order valence-corrected chi connectivity index (χ4v) is 3.11. The Kier molecular flexibility index (Phi) is 3.83. The summed E-state index contributed by atoms with van der Waals surface area (Å²) in [7, 11) is 0. The standard InChI is InChI=1S/C19H15N3O/c1-13-19(16(12-21)17-3-2-10-22(13)17)18(23)9-8-14-4-6-15(11-20)7-5-14/h4-9H,2-3,10H2,1H3/b9-8-. The highest BCUT2D eigenvalue weighted by atomic mass is 16.1. The molecule has 2 heterocycles. The van der Waals surface area contributed by atoms with Crippen LogP contribution in [0.25, 0.3) is 6.08 Å². The van der Waals surface area contributed by atoms with Crippen molar-refractivity contribution in [2.24, 2.45) is 0 Å². The highest BCUT2D eigenvalue weighted by Gasteiger charge is 2.26. The van der Waals surface area contributed by atoms with Gasteiger partial charge in [-0.3, -0.25) is 4.79 Å². The van der Waals surface area contributed by atoms with Crippen molar-refractivity contribution in [3.05, 3.63) is 64.0 Å². The first-order valence-electron chi connectivity index (χ1n) is 7.50. The molecular formula is C19H15N3O. The first-order valence-corrected chi connectivity index (χ1v) is 7.50. The Bertz CT molecular complexity index is 887. The fraction of sp³-hybridized carbons (Fsp3) is 0.211. The van der Waals surface area contributed by atoms with E-state index < -0.39 is 0 Å². The van der Waals surface area contributed by atoms with Crippen LogP contribution in [0.15, 0.2) is 30.3 Å². The molecule has 0 radical (unpaired) electrons. The van der Waals surface area contributed by atoms with Crippen molar-refractivity contribution >= 4 is 11.9 Å². The number of nitriles is 2. The van der Waals surface area contributed by atoms with Gasteiger partial charge in [-0.2, -0.15) is 10.5 Å². The number of benzene rings is 1. The molecule has 1 aliphatic heterocycles.